The minimum absolute atomic E-state index is 0.262. The van der Waals surface area contributed by atoms with E-state index in [2.05, 4.69) is 15.2 Å². The lowest BCUT2D eigenvalue weighted by Gasteiger charge is -2.36. The molecule has 2 heterocycles. The van der Waals surface area contributed by atoms with E-state index in [1.807, 2.05) is 18.2 Å². The zero-order chi connectivity index (χ0) is 19.2. The van der Waals surface area contributed by atoms with Gasteiger partial charge in [-0.3, -0.25) is 14.7 Å². The summed E-state index contributed by atoms with van der Waals surface area (Å²) in [5, 5.41) is 13.4. The van der Waals surface area contributed by atoms with Gasteiger partial charge in [0.25, 0.3) is 5.91 Å². The highest BCUT2D eigenvalue weighted by Crippen LogP contribution is 2.32. The van der Waals surface area contributed by atoms with Gasteiger partial charge in [-0.15, -0.1) is 0 Å². The zero-order valence-corrected chi connectivity index (χ0v) is 15.6. The average Bonchev–Trinajstić information content (AvgIpc) is 2.70. The number of likely N-dealkylation sites (tertiary alicyclic amines) is 1. The van der Waals surface area contributed by atoms with Crippen molar-refractivity contribution in [1.29, 1.82) is 0 Å². The van der Waals surface area contributed by atoms with E-state index in [1.165, 1.54) is 0 Å². The van der Waals surface area contributed by atoms with Gasteiger partial charge in [0.1, 0.15) is 5.69 Å². The van der Waals surface area contributed by atoms with Crippen LogP contribution in [0.4, 0.5) is 0 Å². The number of pyridine rings is 1. The molecule has 0 saturated carbocycles. The van der Waals surface area contributed by atoms with E-state index in [9.17, 15) is 9.90 Å². The molecule has 0 spiro atoms. The first-order valence-electron chi connectivity index (χ1n) is 8.94. The number of hydrogen-bond acceptors (Lipinski definition) is 6. The van der Waals surface area contributed by atoms with Crippen LogP contribution in [0, 0.1) is 0 Å². The summed E-state index contributed by atoms with van der Waals surface area (Å²) >= 11 is 0. The standard InChI is InChI=1S/C20H25N3O4/c1-26-18-8-5-6-14(19(18)27-2)12-23-11-9-15(17(24)13-23)22-20(25)16-7-3-4-10-21-16/h3-8,10,15,17,24H,9,11-13H2,1-2H3,(H,22,25)/t15-,17-/m0/s1. The van der Waals surface area contributed by atoms with Crippen LogP contribution in [0.3, 0.4) is 0 Å². The lowest BCUT2D eigenvalue weighted by atomic mass is 10.0. The van der Waals surface area contributed by atoms with Crippen LogP contribution in [-0.4, -0.2) is 60.4 Å². The highest BCUT2D eigenvalue weighted by Gasteiger charge is 2.29. The van der Waals surface area contributed by atoms with E-state index >= 15 is 0 Å². The normalized spacial score (nSPS) is 20.1. The molecular weight excluding hydrogens is 346 g/mol. The molecule has 1 aliphatic heterocycles. The number of carbonyl (C=O) groups excluding carboxylic acids is 1. The Balaban J connectivity index is 1.60. The quantitative estimate of drug-likeness (QED) is 0.800. The molecular formula is C20H25N3O4. The van der Waals surface area contributed by atoms with E-state index in [4.69, 9.17) is 9.47 Å². The lowest BCUT2D eigenvalue weighted by Crippen LogP contribution is -2.53. The first-order chi connectivity index (χ1) is 13.1. The number of amides is 1. The Hall–Kier alpha value is -2.64. The number of aliphatic hydroxyl groups is 1. The fraction of sp³-hybridized carbons (Fsp3) is 0.400. The van der Waals surface area contributed by atoms with Crippen molar-refractivity contribution in [3.8, 4) is 11.5 Å². The maximum absolute atomic E-state index is 12.3. The average molecular weight is 371 g/mol. The zero-order valence-electron chi connectivity index (χ0n) is 15.6. The molecule has 1 amide bonds. The topological polar surface area (TPSA) is 83.9 Å². The predicted octanol–water partition coefficient (Wildman–Crippen LogP) is 1.46. The van der Waals surface area contributed by atoms with Crippen LogP contribution < -0.4 is 14.8 Å². The second kappa shape index (κ2) is 8.83. The third kappa shape index (κ3) is 4.56. The summed E-state index contributed by atoms with van der Waals surface area (Å²) < 4.78 is 10.8. The summed E-state index contributed by atoms with van der Waals surface area (Å²) in [5.74, 6) is 1.13. The van der Waals surface area contributed by atoms with Crippen LogP contribution in [0.25, 0.3) is 0 Å². The molecule has 1 aromatic carbocycles. The summed E-state index contributed by atoms with van der Waals surface area (Å²) in [7, 11) is 3.23. The van der Waals surface area contributed by atoms with E-state index in [1.54, 1.807) is 38.6 Å². The van der Waals surface area contributed by atoms with Crippen molar-refractivity contribution in [3.05, 3.63) is 53.9 Å². The van der Waals surface area contributed by atoms with Gasteiger partial charge >= 0.3 is 0 Å². The van der Waals surface area contributed by atoms with Crippen molar-refractivity contribution in [1.82, 2.24) is 15.2 Å². The van der Waals surface area contributed by atoms with Crippen LogP contribution in [-0.2, 0) is 6.54 Å². The van der Waals surface area contributed by atoms with Gasteiger partial charge in [0.05, 0.1) is 26.4 Å². The summed E-state index contributed by atoms with van der Waals surface area (Å²) in [4.78, 5) is 18.4. The minimum Gasteiger partial charge on any atom is -0.493 e. The molecule has 0 aliphatic carbocycles. The first-order valence-corrected chi connectivity index (χ1v) is 8.94. The molecule has 2 aromatic rings. The van der Waals surface area contributed by atoms with E-state index in [0.717, 1.165) is 12.1 Å². The Morgan fingerprint density at radius 1 is 1.26 bits per heavy atom. The van der Waals surface area contributed by atoms with Crippen LogP contribution in [0.2, 0.25) is 0 Å². The molecule has 2 N–H and O–H groups in total. The number of nitrogens with one attached hydrogen (secondary N) is 1. The molecule has 0 bridgehead atoms. The van der Waals surface area contributed by atoms with Gasteiger partial charge in [-0.05, 0) is 24.6 Å². The van der Waals surface area contributed by atoms with Gasteiger partial charge in [0.2, 0.25) is 0 Å². The largest absolute Gasteiger partial charge is 0.493 e. The predicted molar refractivity (Wildman–Crippen MR) is 101 cm³/mol. The van der Waals surface area contributed by atoms with Gasteiger partial charge < -0.3 is 19.9 Å². The van der Waals surface area contributed by atoms with Crippen LogP contribution >= 0.6 is 0 Å². The molecule has 27 heavy (non-hydrogen) atoms. The number of aliphatic hydroxyl groups excluding tert-OH is 1. The molecule has 144 valence electrons. The molecule has 1 aromatic heterocycles. The van der Waals surface area contributed by atoms with Crippen molar-refractivity contribution >= 4 is 5.91 Å². The number of rotatable bonds is 6. The highest BCUT2D eigenvalue weighted by atomic mass is 16.5. The van der Waals surface area contributed by atoms with Gasteiger partial charge in [-0.2, -0.15) is 0 Å². The molecule has 1 saturated heterocycles. The Kier molecular flexibility index (Phi) is 6.26. The van der Waals surface area contributed by atoms with E-state index in [-0.39, 0.29) is 11.9 Å². The second-order valence-corrected chi connectivity index (χ2v) is 6.54. The SMILES string of the molecule is COc1cccc(CN2CC[C@H](NC(=O)c3ccccn3)[C@@H](O)C2)c1OC. The van der Waals surface area contributed by atoms with Crippen molar-refractivity contribution in [3.63, 3.8) is 0 Å². The van der Waals surface area contributed by atoms with Crippen molar-refractivity contribution in [2.24, 2.45) is 0 Å². The molecule has 7 nitrogen and oxygen atoms in total. The van der Waals surface area contributed by atoms with Crippen LogP contribution in [0.15, 0.2) is 42.6 Å². The summed E-state index contributed by atoms with van der Waals surface area (Å²) in [6.45, 7) is 1.86. The lowest BCUT2D eigenvalue weighted by molar-refractivity contribution is 0.0345. The number of carbonyl (C=O) groups is 1. The summed E-state index contributed by atoms with van der Waals surface area (Å²) in [5.41, 5.74) is 1.35. The minimum atomic E-state index is -0.650. The molecule has 3 rings (SSSR count). The van der Waals surface area contributed by atoms with Crippen molar-refractivity contribution in [2.45, 2.75) is 25.1 Å². The number of benzene rings is 1. The van der Waals surface area contributed by atoms with Crippen molar-refractivity contribution < 1.29 is 19.4 Å². The third-order valence-corrected chi connectivity index (χ3v) is 4.76. The molecule has 7 heteroatoms. The highest BCUT2D eigenvalue weighted by molar-refractivity contribution is 5.92. The smallest absolute Gasteiger partial charge is 0.270 e. The monoisotopic (exact) mass is 371 g/mol. The maximum Gasteiger partial charge on any atom is 0.270 e. The summed E-state index contributed by atoms with van der Waals surface area (Å²) in [6, 6.07) is 10.7. The Morgan fingerprint density at radius 2 is 2.11 bits per heavy atom. The molecule has 1 fully saturated rings. The number of hydrogen-bond donors (Lipinski definition) is 2. The second-order valence-electron chi connectivity index (χ2n) is 6.54. The van der Waals surface area contributed by atoms with Crippen LogP contribution in [0.5, 0.6) is 11.5 Å². The Labute approximate surface area is 158 Å². The number of piperidine rings is 1. The number of aromatic nitrogens is 1. The fourth-order valence-electron chi connectivity index (χ4n) is 3.37. The van der Waals surface area contributed by atoms with Crippen LogP contribution in [0.1, 0.15) is 22.5 Å². The molecule has 0 radical (unpaired) electrons. The third-order valence-electron chi connectivity index (χ3n) is 4.76. The number of β-amino-alcohol motifs (C(OH)–C–C–N with tert-alkyl or cyclic N) is 1. The van der Waals surface area contributed by atoms with E-state index in [0.29, 0.717) is 36.7 Å². The maximum atomic E-state index is 12.3. The number of methoxy groups -OCH3 is 2. The molecule has 2 atom stereocenters. The van der Waals surface area contributed by atoms with Gasteiger partial charge in [-0.1, -0.05) is 18.2 Å². The van der Waals surface area contributed by atoms with Gasteiger partial charge in [0.15, 0.2) is 11.5 Å². The molecule has 1 aliphatic rings. The van der Waals surface area contributed by atoms with E-state index < -0.39 is 6.10 Å². The Morgan fingerprint density at radius 3 is 2.78 bits per heavy atom. The fourth-order valence-corrected chi connectivity index (χ4v) is 3.37. The number of nitrogens with zero attached hydrogens (tertiary/aromatic N) is 2. The van der Waals surface area contributed by atoms with Gasteiger partial charge in [0, 0.05) is 31.4 Å². The number of ether oxygens (including phenoxy) is 2. The number of para-hydroxylation sites is 1. The summed E-state index contributed by atoms with van der Waals surface area (Å²) in [6.07, 6.45) is 1.59. The first kappa shape index (κ1) is 19.1. The van der Waals surface area contributed by atoms with Gasteiger partial charge in [-0.25, -0.2) is 0 Å². The molecule has 0 unspecified atom stereocenters. The Bertz CT molecular complexity index is 769. The van der Waals surface area contributed by atoms with Crippen molar-refractivity contribution in [2.75, 3.05) is 27.3 Å².